The first-order valence-corrected chi connectivity index (χ1v) is 6.22. The largest absolute Gasteiger partial charge is 0.322 e. The van der Waals surface area contributed by atoms with Crippen LogP contribution in [0.1, 0.15) is 11.1 Å². The Bertz CT molecular complexity index is 761. The average Bonchev–Trinajstić information content (AvgIpc) is 2.40. The monoisotopic (exact) mass is 277 g/mol. The van der Waals surface area contributed by atoms with E-state index in [0.29, 0.717) is 16.3 Å². The fourth-order valence-corrected chi connectivity index (χ4v) is 2.19. The highest BCUT2D eigenvalue weighted by atomic mass is 32.2. The summed E-state index contributed by atoms with van der Waals surface area (Å²) in [4.78, 5) is 26.6. The zero-order valence-electron chi connectivity index (χ0n) is 9.57. The summed E-state index contributed by atoms with van der Waals surface area (Å²) in [6, 6.07) is 6.06. The number of halogens is 1. The van der Waals surface area contributed by atoms with Gasteiger partial charge in [-0.25, -0.2) is 4.39 Å². The molecule has 0 fully saturated rings. The summed E-state index contributed by atoms with van der Waals surface area (Å²) in [5, 5.41) is 9.09. The number of thioether (sulfide) groups is 1. The Morgan fingerprint density at radius 3 is 2.74 bits per heavy atom. The van der Waals surface area contributed by atoms with E-state index in [4.69, 9.17) is 5.26 Å². The molecule has 0 radical (unpaired) electrons. The lowest BCUT2D eigenvalue weighted by atomic mass is 10.1. The topological polar surface area (TPSA) is 89.5 Å². The standard InChI is InChI=1S/C12H8FN3O2S/c13-9-3-7(1-2-8(9)4-14)6-19-10-5-15-11(17)12(18)16-10/h1-3,5H,6H2,(H,15,17)(H,16,18). The van der Waals surface area contributed by atoms with Crippen LogP contribution in [-0.2, 0) is 5.75 Å². The van der Waals surface area contributed by atoms with E-state index in [-0.39, 0.29) is 5.56 Å². The lowest BCUT2D eigenvalue weighted by molar-refractivity contribution is 0.622. The van der Waals surface area contributed by atoms with E-state index in [9.17, 15) is 14.0 Å². The molecule has 0 saturated carbocycles. The molecule has 2 rings (SSSR count). The first-order chi connectivity index (χ1) is 9.10. The second-order valence-electron chi connectivity index (χ2n) is 3.65. The van der Waals surface area contributed by atoms with E-state index in [1.807, 2.05) is 0 Å². The van der Waals surface area contributed by atoms with Gasteiger partial charge < -0.3 is 9.97 Å². The lowest BCUT2D eigenvalue weighted by Gasteiger charge is -2.02. The van der Waals surface area contributed by atoms with E-state index < -0.39 is 16.9 Å². The van der Waals surface area contributed by atoms with Crippen molar-refractivity contribution in [2.24, 2.45) is 0 Å². The van der Waals surface area contributed by atoms with Crippen LogP contribution in [0.2, 0.25) is 0 Å². The van der Waals surface area contributed by atoms with Crippen molar-refractivity contribution in [2.45, 2.75) is 10.8 Å². The molecule has 2 N–H and O–H groups in total. The zero-order valence-corrected chi connectivity index (χ0v) is 10.4. The molecule has 2 aromatic rings. The Balaban J connectivity index is 2.12. The van der Waals surface area contributed by atoms with E-state index in [2.05, 4.69) is 9.97 Å². The van der Waals surface area contributed by atoms with Gasteiger partial charge in [0.15, 0.2) is 0 Å². The van der Waals surface area contributed by atoms with Gasteiger partial charge in [0.25, 0.3) is 0 Å². The quantitative estimate of drug-likeness (QED) is 0.655. The minimum absolute atomic E-state index is 0.00815. The molecule has 1 aromatic heterocycles. The Hall–Kier alpha value is -2.33. The molecule has 0 unspecified atom stereocenters. The van der Waals surface area contributed by atoms with Gasteiger partial charge in [-0.05, 0) is 17.7 Å². The Kier molecular flexibility index (Phi) is 3.82. The van der Waals surface area contributed by atoms with Crippen LogP contribution in [0.5, 0.6) is 0 Å². The van der Waals surface area contributed by atoms with E-state index in [0.717, 1.165) is 0 Å². The SMILES string of the molecule is N#Cc1ccc(CSc2c[nH]c(=O)c(=O)[nH]2)cc1F. The average molecular weight is 277 g/mol. The maximum atomic E-state index is 13.4. The summed E-state index contributed by atoms with van der Waals surface area (Å²) in [5.74, 6) is -0.166. The van der Waals surface area contributed by atoms with Gasteiger partial charge in [0.05, 0.1) is 10.6 Å². The predicted octanol–water partition coefficient (Wildman–Crippen LogP) is 1.37. The summed E-state index contributed by atoms with van der Waals surface area (Å²) in [5.41, 5.74) is -0.774. The van der Waals surface area contributed by atoms with E-state index >= 15 is 0 Å². The van der Waals surface area contributed by atoms with Gasteiger partial charge in [0.1, 0.15) is 11.9 Å². The van der Waals surface area contributed by atoms with Gasteiger partial charge in [0, 0.05) is 11.9 Å². The third-order valence-corrected chi connectivity index (χ3v) is 3.33. The fourth-order valence-electron chi connectivity index (χ4n) is 1.38. The fraction of sp³-hybridized carbons (Fsp3) is 0.0833. The summed E-state index contributed by atoms with van der Waals surface area (Å²) in [6.45, 7) is 0. The molecule has 0 aliphatic rings. The number of nitrogens with zero attached hydrogens (tertiary/aromatic N) is 1. The van der Waals surface area contributed by atoms with Crippen LogP contribution in [0.25, 0.3) is 0 Å². The van der Waals surface area contributed by atoms with Gasteiger partial charge >= 0.3 is 11.1 Å². The van der Waals surface area contributed by atoms with Crippen molar-refractivity contribution in [1.29, 1.82) is 5.26 Å². The number of H-pyrrole nitrogens is 2. The highest BCUT2D eigenvalue weighted by Gasteiger charge is 2.04. The summed E-state index contributed by atoms with van der Waals surface area (Å²) in [7, 11) is 0. The minimum Gasteiger partial charge on any atom is -0.322 e. The van der Waals surface area contributed by atoms with Gasteiger partial charge in [-0.2, -0.15) is 5.26 Å². The lowest BCUT2D eigenvalue weighted by Crippen LogP contribution is -2.28. The van der Waals surface area contributed by atoms with Crippen LogP contribution >= 0.6 is 11.8 Å². The normalized spacial score (nSPS) is 10.1. The molecule has 1 aromatic carbocycles. The van der Waals surface area contributed by atoms with Gasteiger partial charge in [-0.1, -0.05) is 6.07 Å². The van der Waals surface area contributed by atoms with E-state index in [1.54, 1.807) is 12.1 Å². The number of nitrogens with one attached hydrogen (secondary N) is 2. The van der Waals surface area contributed by atoms with Crippen molar-refractivity contribution in [2.75, 3.05) is 0 Å². The third-order valence-electron chi connectivity index (χ3n) is 2.33. The number of aromatic nitrogens is 2. The Morgan fingerprint density at radius 2 is 2.11 bits per heavy atom. The second kappa shape index (κ2) is 5.54. The Labute approximate surface area is 111 Å². The number of rotatable bonds is 3. The van der Waals surface area contributed by atoms with Crippen molar-refractivity contribution in [3.63, 3.8) is 0 Å². The molecule has 0 bridgehead atoms. The van der Waals surface area contributed by atoms with Crippen molar-refractivity contribution in [3.8, 4) is 6.07 Å². The van der Waals surface area contributed by atoms with Crippen LogP contribution in [0.3, 0.4) is 0 Å². The van der Waals surface area contributed by atoms with Crippen molar-refractivity contribution in [3.05, 3.63) is 62.0 Å². The molecular formula is C12H8FN3O2S. The van der Waals surface area contributed by atoms with Crippen LogP contribution in [0, 0.1) is 17.1 Å². The molecule has 96 valence electrons. The molecule has 0 aliphatic carbocycles. The first-order valence-electron chi connectivity index (χ1n) is 5.23. The number of hydrogen-bond acceptors (Lipinski definition) is 4. The number of aromatic amines is 2. The molecule has 5 nitrogen and oxygen atoms in total. The minimum atomic E-state index is -0.726. The van der Waals surface area contributed by atoms with Crippen LogP contribution in [0.4, 0.5) is 4.39 Å². The van der Waals surface area contributed by atoms with Crippen LogP contribution < -0.4 is 11.1 Å². The molecule has 0 amide bonds. The predicted molar refractivity (Wildman–Crippen MR) is 68.4 cm³/mol. The summed E-state index contributed by atoms with van der Waals surface area (Å²) < 4.78 is 13.4. The highest BCUT2D eigenvalue weighted by molar-refractivity contribution is 7.98. The summed E-state index contributed by atoms with van der Waals surface area (Å²) in [6.07, 6.45) is 1.38. The van der Waals surface area contributed by atoms with Gasteiger partial charge in [-0.15, -0.1) is 11.8 Å². The van der Waals surface area contributed by atoms with Gasteiger partial charge in [-0.3, -0.25) is 9.59 Å². The molecular weight excluding hydrogens is 269 g/mol. The smallest absolute Gasteiger partial charge is 0.314 e. The van der Waals surface area contributed by atoms with Crippen LogP contribution in [-0.4, -0.2) is 9.97 Å². The van der Waals surface area contributed by atoms with Crippen LogP contribution in [0.15, 0.2) is 39.0 Å². The maximum absolute atomic E-state index is 13.4. The molecule has 7 heteroatoms. The molecule has 19 heavy (non-hydrogen) atoms. The van der Waals surface area contributed by atoms with Crippen molar-refractivity contribution >= 4 is 11.8 Å². The maximum Gasteiger partial charge on any atom is 0.314 e. The number of hydrogen-bond donors (Lipinski definition) is 2. The first kappa shape index (κ1) is 13.1. The molecule has 0 atom stereocenters. The number of nitriles is 1. The molecule has 1 heterocycles. The van der Waals surface area contributed by atoms with Crippen molar-refractivity contribution in [1.82, 2.24) is 9.97 Å². The number of benzene rings is 1. The molecule has 0 saturated heterocycles. The summed E-state index contributed by atoms with van der Waals surface area (Å²) >= 11 is 1.24. The van der Waals surface area contributed by atoms with Crippen molar-refractivity contribution < 1.29 is 4.39 Å². The second-order valence-corrected chi connectivity index (χ2v) is 4.67. The molecule has 0 aliphatic heterocycles. The zero-order chi connectivity index (χ0) is 13.8. The van der Waals surface area contributed by atoms with E-state index in [1.165, 1.54) is 30.1 Å². The third kappa shape index (κ3) is 3.11. The highest BCUT2D eigenvalue weighted by Crippen LogP contribution is 2.20. The molecule has 0 spiro atoms. The Morgan fingerprint density at radius 1 is 1.32 bits per heavy atom. The van der Waals surface area contributed by atoms with Gasteiger partial charge in [0.2, 0.25) is 0 Å².